The topological polar surface area (TPSA) is 81.7 Å². The summed E-state index contributed by atoms with van der Waals surface area (Å²) in [6, 6.07) is 0. The van der Waals surface area contributed by atoms with Gasteiger partial charge in [0.25, 0.3) is 5.91 Å². The summed E-state index contributed by atoms with van der Waals surface area (Å²) >= 11 is 0. The lowest BCUT2D eigenvalue weighted by molar-refractivity contribution is -0.145. The summed E-state index contributed by atoms with van der Waals surface area (Å²) in [5, 5.41) is 0. The monoisotopic (exact) mass is 235 g/mol. The van der Waals surface area contributed by atoms with Gasteiger partial charge in [-0.25, -0.2) is 8.42 Å². The summed E-state index contributed by atoms with van der Waals surface area (Å²) < 4.78 is 34.3. The van der Waals surface area contributed by atoms with Gasteiger partial charge in [0.15, 0.2) is 6.10 Å². The van der Waals surface area contributed by atoms with E-state index in [-0.39, 0.29) is 12.4 Å². The fourth-order valence-corrected chi connectivity index (χ4v) is 1.89. The minimum absolute atomic E-state index is 0.0788. The maximum absolute atomic E-state index is 11.4. The molecule has 1 aliphatic heterocycles. The van der Waals surface area contributed by atoms with Crippen molar-refractivity contribution in [3.63, 3.8) is 0 Å². The normalized spacial score (nSPS) is 22.0. The van der Waals surface area contributed by atoms with Gasteiger partial charge in [-0.15, -0.1) is 6.58 Å². The van der Waals surface area contributed by atoms with E-state index in [0.717, 1.165) is 0 Å². The summed E-state index contributed by atoms with van der Waals surface area (Å²) in [5.74, 6) is -0.997. The molecule has 0 bridgehead atoms. The molecule has 1 amide bonds. The van der Waals surface area contributed by atoms with Crippen molar-refractivity contribution in [3.8, 4) is 0 Å². The van der Waals surface area contributed by atoms with Crippen LogP contribution in [0, 0.1) is 0 Å². The molecule has 1 rings (SSSR count). The number of ether oxygens (including phenoxy) is 2. The van der Waals surface area contributed by atoms with Gasteiger partial charge >= 0.3 is 0 Å². The molecule has 0 radical (unpaired) electrons. The van der Waals surface area contributed by atoms with Crippen molar-refractivity contribution in [2.24, 2.45) is 0 Å². The zero-order valence-corrected chi connectivity index (χ0v) is 8.96. The van der Waals surface area contributed by atoms with Crippen LogP contribution in [0.4, 0.5) is 0 Å². The van der Waals surface area contributed by atoms with Crippen LogP contribution in [-0.2, 0) is 24.3 Å². The van der Waals surface area contributed by atoms with E-state index >= 15 is 0 Å². The highest BCUT2D eigenvalue weighted by molar-refractivity contribution is 7.90. The largest absolute Gasteiger partial charge is 0.376 e. The lowest BCUT2D eigenvalue weighted by Crippen LogP contribution is -2.45. The molecule has 0 aromatic rings. The molecule has 1 aliphatic rings. The van der Waals surface area contributed by atoms with Crippen LogP contribution in [0.3, 0.4) is 0 Å². The second-order valence-corrected chi connectivity index (χ2v) is 4.74. The zero-order valence-electron chi connectivity index (χ0n) is 8.14. The molecule has 1 heterocycles. The molecule has 0 aromatic carbocycles. The van der Waals surface area contributed by atoms with Crippen molar-refractivity contribution < 1.29 is 22.7 Å². The van der Waals surface area contributed by atoms with E-state index in [9.17, 15) is 13.2 Å². The Labute approximate surface area is 88.3 Å². The van der Waals surface area contributed by atoms with Gasteiger partial charge in [-0.1, -0.05) is 6.08 Å². The summed E-state index contributed by atoms with van der Waals surface area (Å²) in [4.78, 5) is 11.4. The number of hydrogen-bond acceptors (Lipinski definition) is 5. The van der Waals surface area contributed by atoms with Crippen molar-refractivity contribution in [2.75, 3.05) is 25.6 Å². The third-order valence-corrected chi connectivity index (χ3v) is 2.89. The van der Waals surface area contributed by atoms with Crippen LogP contribution < -0.4 is 4.72 Å². The SMILES string of the molecule is C=CCS(=O)(=O)NC(=O)C1COCCO1. The summed E-state index contributed by atoms with van der Waals surface area (Å²) in [6.07, 6.45) is 0.353. The quantitative estimate of drug-likeness (QED) is 0.634. The van der Waals surface area contributed by atoms with Crippen LogP contribution in [0.15, 0.2) is 12.7 Å². The first kappa shape index (κ1) is 12.2. The van der Waals surface area contributed by atoms with Crippen molar-refractivity contribution in [2.45, 2.75) is 6.10 Å². The van der Waals surface area contributed by atoms with E-state index in [0.29, 0.717) is 13.2 Å². The Morgan fingerprint density at radius 1 is 1.53 bits per heavy atom. The zero-order chi connectivity index (χ0) is 11.3. The molecule has 7 heteroatoms. The lowest BCUT2D eigenvalue weighted by atomic mass is 10.3. The number of carbonyl (C=O) groups is 1. The van der Waals surface area contributed by atoms with Gasteiger partial charge in [-0.2, -0.15) is 0 Å². The second-order valence-electron chi connectivity index (χ2n) is 2.97. The molecule has 86 valence electrons. The molecule has 0 aromatic heterocycles. The smallest absolute Gasteiger partial charge is 0.264 e. The van der Waals surface area contributed by atoms with E-state index in [1.54, 1.807) is 0 Å². The Balaban J connectivity index is 2.50. The molecular weight excluding hydrogens is 222 g/mol. The molecule has 0 saturated carbocycles. The number of nitrogens with one attached hydrogen (secondary N) is 1. The molecule has 0 spiro atoms. The van der Waals surface area contributed by atoms with Gasteiger partial charge in [0.2, 0.25) is 10.0 Å². The van der Waals surface area contributed by atoms with Gasteiger partial charge in [0.05, 0.1) is 25.6 Å². The van der Waals surface area contributed by atoms with Crippen LogP contribution in [-0.4, -0.2) is 46.0 Å². The molecule has 6 nitrogen and oxygen atoms in total. The van der Waals surface area contributed by atoms with Gasteiger partial charge in [-0.3, -0.25) is 9.52 Å². The Kier molecular flexibility index (Phi) is 4.25. The molecule has 1 N–H and O–H groups in total. The average Bonchev–Trinajstić information content (AvgIpc) is 2.18. The summed E-state index contributed by atoms with van der Waals surface area (Å²) in [6.45, 7) is 4.07. The fraction of sp³-hybridized carbons (Fsp3) is 0.625. The Morgan fingerprint density at radius 3 is 2.80 bits per heavy atom. The van der Waals surface area contributed by atoms with Gasteiger partial charge in [0, 0.05) is 0 Å². The first-order chi connectivity index (χ1) is 7.05. The molecule has 15 heavy (non-hydrogen) atoms. The lowest BCUT2D eigenvalue weighted by Gasteiger charge is -2.21. The van der Waals surface area contributed by atoms with Crippen LogP contribution >= 0.6 is 0 Å². The predicted octanol–water partition coefficient (Wildman–Crippen LogP) is -0.966. The van der Waals surface area contributed by atoms with Crippen LogP contribution in [0.5, 0.6) is 0 Å². The minimum atomic E-state index is -3.63. The molecule has 0 aliphatic carbocycles. The third kappa shape index (κ3) is 3.98. The second kappa shape index (κ2) is 5.24. The number of amides is 1. The number of sulfonamides is 1. The van der Waals surface area contributed by atoms with Crippen LogP contribution in [0.25, 0.3) is 0 Å². The highest BCUT2D eigenvalue weighted by atomic mass is 32.2. The fourth-order valence-electron chi connectivity index (χ4n) is 1.05. The number of carbonyl (C=O) groups excluding carboxylic acids is 1. The maximum Gasteiger partial charge on any atom is 0.264 e. The summed E-state index contributed by atoms with van der Waals surface area (Å²) in [5.41, 5.74) is 0. The van der Waals surface area contributed by atoms with Gasteiger partial charge in [0.1, 0.15) is 0 Å². The van der Waals surface area contributed by atoms with Crippen molar-refractivity contribution in [1.82, 2.24) is 4.72 Å². The van der Waals surface area contributed by atoms with Gasteiger partial charge < -0.3 is 9.47 Å². The standard InChI is InChI=1S/C8H13NO5S/c1-2-5-15(11,12)9-8(10)7-6-13-3-4-14-7/h2,7H,1,3-6H2,(H,9,10). The number of hydrogen-bond donors (Lipinski definition) is 1. The minimum Gasteiger partial charge on any atom is -0.376 e. The Bertz CT molecular complexity index is 331. The molecule has 1 atom stereocenters. The average molecular weight is 235 g/mol. The van der Waals surface area contributed by atoms with E-state index < -0.39 is 22.0 Å². The Morgan fingerprint density at radius 2 is 2.27 bits per heavy atom. The molecule has 1 unspecified atom stereocenters. The maximum atomic E-state index is 11.4. The predicted molar refractivity (Wildman–Crippen MR) is 52.7 cm³/mol. The summed E-state index contributed by atoms with van der Waals surface area (Å²) in [7, 11) is -3.63. The van der Waals surface area contributed by atoms with Crippen LogP contribution in [0.1, 0.15) is 0 Å². The highest BCUT2D eigenvalue weighted by Crippen LogP contribution is 2.01. The number of rotatable bonds is 4. The third-order valence-electron chi connectivity index (χ3n) is 1.70. The van der Waals surface area contributed by atoms with Gasteiger partial charge in [-0.05, 0) is 0 Å². The highest BCUT2D eigenvalue weighted by Gasteiger charge is 2.25. The Hall–Kier alpha value is -0.920. The molecular formula is C8H13NO5S. The first-order valence-electron chi connectivity index (χ1n) is 4.40. The van der Waals surface area contributed by atoms with E-state index in [1.807, 2.05) is 4.72 Å². The first-order valence-corrected chi connectivity index (χ1v) is 6.05. The van der Waals surface area contributed by atoms with Crippen molar-refractivity contribution in [1.29, 1.82) is 0 Å². The van der Waals surface area contributed by atoms with E-state index in [2.05, 4.69) is 6.58 Å². The molecule has 1 fully saturated rings. The van der Waals surface area contributed by atoms with Crippen molar-refractivity contribution in [3.05, 3.63) is 12.7 Å². The van der Waals surface area contributed by atoms with Crippen LogP contribution in [0.2, 0.25) is 0 Å². The molecule has 1 saturated heterocycles. The van der Waals surface area contributed by atoms with E-state index in [4.69, 9.17) is 9.47 Å². The van der Waals surface area contributed by atoms with E-state index in [1.165, 1.54) is 6.08 Å². The van der Waals surface area contributed by atoms with Crippen molar-refractivity contribution >= 4 is 15.9 Å².